The van der Waals surface area contributed by atoms with Gasteiger partial charge in [-0.2, -0.15) is 4.98 Å². The molecule has 0 aliphatic carbocycles. The molecule has 0 N–H and O–H groups in total. The van der Waals surface area contributed by atoms with Gasteiger partial charge in [-0.15, -0.1) is 0 Å². The molecule has 0 saturated carbocycles. The second-order valence-corrected chi connectivity index (χ2v) is 5.67. The summed E-state index contributed by atoms with van der Waals surface area (Å²) in [5.41, 5.74) is 0. The maximum atomic E-state index is 5.31. The Kier molecular flexibility index (Phi) is 3.66. The zero-order chi connectivity index (χ0) is 14.1. The van der Waals surface area contributed by atoms with E-state index in [2.05, 4.69) is 52.9 Å². The lowest BCUT2D eigenvalue weighted by molar-refractivity contribution is 0.177. The fourth-order valence-electron chi connectivity index (χ4n) is 2.32. The minimum absolute atomic E-state index is 0.0758. The van der Waals surface area contributed by atoms with Crippen molar-refractivity contribution in [2.24, 2.45) is 0 Å². The van der Waals surface area contributed by atoms with Crippen LogP contribution in [-0.2, 0) is 0 Å². The molecule has 1 atom stereocenters. The number of nitrogens with zero attached hydrogens (tertiary/aromatic N) is 6. The van der Waals surface area contributed by atoms with Crippen molar-refractivity contribution < 1.29 is 4.52 Å². The molecule has 0 amide bonds. The van der Waals surface area contributed by atoms with Crippen molar-refractivity contribution in [1.29, 1.82) is 0 Å². The number of rotatable bonds is 2. The van der Waals surface area contributed by atoms with E-state index in [0.717, 1.165) is 29.9 Å². The monoisotopic (exact) mass is 338 g/mol. The van der Waals surface area contributed by atoms with Crippen LogP contribution in [0.5, 0.6) is 0 Å². The Labute approximate surface area is 125 Å². The molecular weight excluding hydrogens is 324 g/mol. The first-order valence-electron chi connectivity index (χ1n) is 6.36. The molecule has 0 bridgehead atoms. The molecule has 2 aromatic rings. The minimum atomic E-state index is 0.0758. The van der Waals surface area contributed by atoms with Gasteiger partial charge in [0.25, 0.3) is 0 Å². The molecule has 1 aliphatic rings. The van der Waals surface area contributed by atoms with Crippen LogP contribution in [0.25, 0.3) is 0 Å². The van der Waals surface area contributed by atoms with Gasteiger partial charge in [-0.3, -0.25) is 4.90 Å². The number of aryl methyl sites for hydroxylation is 1. The van der Waals surface area contributed by atoms with Crippen molar-refractivity contribution in [1.82, 2.24) is 25.0 Å². The van der Waals surface area contributed by atoms with E-state index in [-0.39, 0.29) is 6.04 Å². The first kappa shape index (κ1) is 13.4. The van der Waals surface area contributed by atoms with Crippen LogP contribution in [0.1, 0.15) is 17.8 Å². The Bertz CT molecular complexity index is 603. The smallest absolute Gasteiger partial charge is 0.245 e. The van der Waals surface area contributed by atoms with Crippen molar-refractivity contribution in [2.75, 3.05) is 31.6 Å². The zero-order valence-corrected chi connectivity index (χ0v) is 12.9. The molecule has 0 spiro atoms. The number of piperazine rings is 1. The second-order valence-electron chi connectivity index (χ2n) is 4.82. The highest BCUT2D eigenvalue weighted by Crippen LogP contribution is 2.29. The highest BCUT2D eigenvalue weighted by molar-refractivity contribution is 9.10. The molecule has 3 heterocycles. The van der Waals surface area contributed by atoms with Crippen molar-refractivity contribution in [2.45, 2.75) is 13.0 Å². The van der Waals surface area contributed by atoms with Crippen LogP contribution in [0.4, 0.5) is 5.82 Å². The second kappa shape index (κ2) is 5.45. The average molecular weight is 339 g/mol. The van der Waals surface area contributed by atoms with Gasteiger partial charge < -0.3 is 9.42 Å². The van der Waals surface area contributed by atoms with Gasteiger partial charge in [-0.1, -0.05) is 5.16 Å². The summed E-state index contributed by atoms with van der Waals surface area (Å²) >= 11 is 3.50. The average Bonchev–Trinajstić information content (AvgIpc) is 2.87. The summed E-state index contributed by atoms with van der Waals surface area (Å²) in [6.07, 6.45) is 3.32. The molecule has 0 aromatic carbocycles. The molecule has 106 valence electrons. The summed E-state index contributed by atoms with van der Waals surface area (Å²) in [5.74, 6) is 2.21. The molecule has 0 radical (unpaired) electrons. The number of hydrogen-bond donors (Lipinski definition) is 0. The lowest BCUT2D eigenvalue weighted by Crippen LogP contribution is -2.47. The highest BCUT2D eigenvalue weighted by Gasteiger charge is 2.31. The van der Waals surface area contributed by atoms with Crippen LogP contribution in [0.2, 0.25) is 0 Å². The summed E-state index contributed by atoms with van der Waals surface area (Å²) < 4.78 is 6.21. The topological polar surface area (TPSA) is 71.2 Å². The Balaban J connectivity index is 1.85. The molecule has 8 heteroatoms. The molecule has 1 saturated heterocycles. The van der Waals surface area contributed by atoms with Gasteiger partial charge >= 0.3 is 0 Å². The Morgan fingerprint density at radius 3 is 2.95 bits per heavy atom. The third-order valence-electron chi connectivity index (χ3n) is 3.42. The fourth-order valence-corrected chi connectivity index (χ4v) is 2.79. The van der Waals surface area contributed by atoms with E-state index in [4.69, 9.17) is 4.52 Å². The Hall–Kier alpha value is -1.54. The van der Waals surface area contributed by atoms with Crippen LogP contribution in [0.3, 0.4) is 0 Å². The normalized spacial score (nSPS) is 20.4. The first-order chi connectivity index (χ1) is 9.65. The largest absolute Gasteiger partial charge is 0.352 e. The van der Waals surface area contributed by atoms with E-state index in [1.165, 1.54) is 0 Å². The fraction of sp³-hybridized carbons (Fsp3) is 0.500. The maximum absolute atomic E-state index is 5.31. The molecule has 3 rings (SSSR count). The summed E-state index contributed by atoms with van der Waals surface area (Å²) in [5, 5.41) is 3.88. The van der Waals surface area contributed by atoms with Gasteiger partial charge in [-0.05, 0) is 29.9 Å². The lowest BCUT2D eigenvalue weighted by atomic mass is 10.2. The number of halogens is 1. The lowest BCUT2D eigenvalue weighted by Gasteiger charge is -2.38. The number of hydrogen-bond acceptors (Lipinski definition) is 7. The van der Waals surface area contributed by atoms with Crippen LogP contribution in [0.15, 0.2) is 21.5 Å². The first-order valence-corrected chi connectivity index (χ1v) is 7.15. The number of aromatic nitrogens is 4. The predicted molar refractivity (Wildman–Crippen MR) is 76.4 cm³/mol. The van der Waals surface area contributed by atoms with E-state index in [1.54, 1.807) is 12.5 Å². The zero-order valence-electron chi connectivity index (χ0n) is 11.3. The van der Waals surface area contributed by atoms with Crippen LogP contribution >= 0.6 is 15.9 Å². The van der Waals surface area contributed by atoms with Crippen LogP contribution in [-0.4, -0.2) is 51.7 Å². The van der Waals surface area contributed by atoms with Gasteiger partial charge in [-0.25, -0.2) is 9.97 Å². The molecular formula is C12H15BrN6O. The summed E-state index contributed by atoms with van der Waals surface area (Å²) in [6.45, 7) is 4.39. The van der Waals surface area contributed by atoms with Crippen LogP contribution in [0, 0.1) is 6.92 Å². The van der Waals surface area contributed by atoms with E-state index < -0.39 is 0 Å². The van der Waals surface area contributed by atoms with Gasteiger partial charge in [0.1, 0.15) is 18.2 Å². The van der Waals surface area contributed by atoms with Crippen molar-refractivity contribution in [3.05, 3.63) is 28.7 Å². The molecule has 2 aromatic heterocycles. The third-order valence-corrected chi connectivity index (χ3v) is 3.98. The molecule has 20 heavy (non-hydrogen) atoms. The quantitative estimate of drug-likeness (QED) is 0.819. The molecule has 1 aliphatic heterocycles. The van der Waals surface area contributed by atoms with Crippen molar-refractivity contribution in [3.8, 4) is 0 Å². The van der Waals surface area contributed by atoms with E-state index >= 15 is 0 Å². The van der Waals surface area contributed by atoms with E-state index in [0.29, 0.717) is 11.7 Å². The standard InChI is InChI=1S/C12H15BrN6O/c1-8-16-12(20-17-8)10-6-19(4-3-18(10)2)11-9(13)5-14-7-15-11/h5,7,10H,3-4,6H2,1-2H3. The van der Waals surface area contributed by atoms with Gasteiger partial charge in [0.2, 0.25) is 5.89 Å². The number of anilines is 1. The predicted octanol–water partition coefficient (Wildman–Crippen LogP) is 1.42. The number of likely N-dealkylation sites (N-methyl/N-ethyl adjacent to an activating group) is 1. The molecule has 7 nitrogen and oxygen atoms in total. The maximum Gasteiger partial charge on any atom is 0.245 e. The van der Waals surface area contributed by atoms with E-state index in [1.807, 2.05) is 6.92 Å². The van der Waals surface area contributed by atoms with Gasteiger partial charge in [0, 0.05) is 25.8 Å². The highest BCUT2D eigenvalue weighted by atomic mass is 79.9. The minimum Gasteiger partial charge on any atom is -0.352 e. The Morgan fingerprint density at radius 1 is 1.40 bits per heavy atom. The van der Waals surface area contributed by atoms with Crippen molar-refractivity contribution >= 4 is 21.7 Å². The van der Waals surface area contributed by atoms with Gasteiger partial charge in [0.15, 0.2) is 5.82 Å². The van der Waals surface area contributed by atoms with E-state index in [9.17, 15) is 0 Å². The summed E-state index contributed by atoms with van der Waals surface area (Å²) in [4.78, 5) is 17.1. The molecule has 1 fully saturated rings. The third kappa shape index (κ3) is 2.53. The Morgan fingerprint density at radius 2 is 2.25 bits per heavy atom. The summed E-state index contributed by atoms with van der Waals surface area (Å²) in [6, 6.07) is 0.0758. The van der Waals surface area contributed by atoms with Crippen LogP contribution < -0.4 is 4.90 Å². The SMILES string of the molecule is Cc1noc(C2CN(c3ncncc3Br)CCN2C)n1. The van der Waals surface area contributed by atoms with Gasteiger partial charge in [0.05, 0.1) is 4.47 Å². The molecule has 1 unspecified atom stereocenters. The van der Waals surface area contributed by atoms with Crippen molar-refractivity contribution in [3.63, 3.8) is 0 Å². The summed E-state index contributed by atoms with van der Waals surface area (Å²) in [7, 11) is 2.07.